The van der Waals surface area contributed by atoms with E-state index < -0.39 is 5.82 Å². The molecule has 0 radical (unpaired) electrons. The molecule has 0 aliphatic rings. The Bertz CT molecular complexity index is 610. The van der Waals surface area contributed by atoms with Crippen LogP contribution in [0.5, 0.6) is 0 Å². The summed E-state index contributed by atoms with van der Waals surface area (Å²) in [6.07, 6.45) is -0.137. The molecule has 0 saturated heterocycles. The molecule has 2 aromatic rings. The van der Waals surface area contributed by atoms with E-state index in [0.29, 0.717) is 5.13 Å². The highest BCUT2D eigenvalue weighted by atomic mass is 35.5. The van der Waals surface area contributed by atoms with Gasteiger partial charge in [0.15, 0.2) is 0 Å². The molecule has 1 N–H and O–H groups in total. The van der Waals surface area contributed by atoms with Gasteiger partial charge in [0.2, 0.25) is 11.0 Å². The molecule has 2 rings (SSSR count). The average Bonchev–Trinajstić information content (AvgIpc) is 2.82. The third-order valence-corrected chi connectivity index (χ3v) is 4.07. The third-order valence-electron chi connectivity index (χ3n) is 2.58. The zero-order valence-electron chi connectivity index (χ0n) is 11.0. The molecule has 1 aromatic heterocycles. The highest BCUT2D eigenvalue weighted by Gasteiger charge is 2.14. The molecule has 0 aliphatic carbocycles. The summed E-state index contributed by atoms with van der Waals surface area (Å²) in [7, 11) is 0. The van der Waals surface area contributed by atoms with Gasteiger partial charge in [0.1, 0.15) is 10.8 Å². The summed E-state index contributed by atoms with van der Waals surface area (Å²) in [6.45, 7) is 3.98. The van der Waals surface area contributed by atoms with Gasteiger partial charge in [-0.25, -0.2) is 4.39 Å². The van der Waals surface area contributed by atoms with Crippen molar-refractivity contribution in [3.8, 4) is 0 Å². The standard InChI is InChI=1S/C13H13ClFN3OS/c1-7(2)12-17-18-13(20-12)16-11(19)6-8-9(14)4-3-5-10(8)15/h3-5,7H,6H2,1-2H3,(H,16,18,19). The van der Waals surface area contributed by atoms with Crippen molar-refractivity contribution in [2.45, 2.75) is 26.2 Å². The van der Waals surface area contributed by atoms with Gasteiger partial charge in [-0.15, -0.1) is 10.2 Å². The number of amides is 1. The summed E-state index contributed by atoms with van der Waals surface area (Å²) in [4.78, 5) is 11.9. The Morgan fingerprint density at radius 1 is 1.45 bits per heavy atom. The molecule has 0 atom stereocenters. The predicted molar refractivity (Wildman–Crippen MR) is 77.7 cm³/mol. The lowest BCUT2D eigenvalue weighted by atomic mass is 10.1. The molecule has 106 valence electrons. The molecule has 20 heavy (non-hydrogen) atoms. The van der Waals surface area contributed by atoms with Crippen molar-refractivity contribution in [1.29, 1.82) is 0 Å². The normalized spacial score (nSPS) is 10.8. The number of carbonyl (C=O) groups excluding carboxylic acids is 1. The minimum Gasteiger partial charge on any atom is -0.300 e. The lowest BCUT2D eigenvalue weighted by Gasteiger charge is -2.05. The summed E-state index contributed by atoms with van der Waals surface area (Å²) in [5, 5.41) is 11.9. The smallest absolute Gasteiger partial charge is 0.230 e. The molecular weight excluding hydrogens is 301 g/mol. The lowest BCUT2D eigenvalue weighted by molar-refractivity contribution is -0.115. The SMILES string of the molecule is CC(C)c1nnc(NC(=O)Cc2c(F)cccc2Cl)s1. The first-order valence-corrected chi connectivity index (χ1v) is 7.23. The van der Waals surface area contributed by atoms with Gasteiger partial charge in [0.25, 0.3) is 0 Å². The monoisotopic (exact) mass is 313 g/mol. The van der Waals surface area contributed by atoms with E-state index in [4.69, 9.17) is 11.6 Å². The summed E-state index contributed by atoms with van der Waals surface area (Å²) in [5.74, 6) is -0.615. The topological polar surface area (TPSA) is 54.9 Å². The van der Waals surface area contributed by atoms with Gasteiger partial charge in [-0.1, -0.05) is 42.9 Å². The van der Waals surface area contributed by atoms with E-state index in [9.17, 15) is 9.18 Å². The maximum Gasteiger partial charge on any atom is 0.230 e. The van der Waals surface area contributed by atoms with Crippen LogP contribution in [-0.4, -0.2) is 16.1 Å². The van der Waals surface area contributed by atoms with Crippen molar-refractivity contribution in [2.24, 2.45) is 0 Å². The van der Waals surface area contributed by atoms with E-state index in [0.717, 1.165) is 5.01 Å². The number of carbonyl (C=O) groups is 1. The molecule has 0 fully saturated rings. The first kappa shape index (κ1) is 14.9. The highest BCUT2D eigenvalue weighted by Crippen LogP contribution is 2.23. The third kappa shape index (κ3) is 3.52. The Kier molecular flexibility index (Phi) is 4.67. The molecule has 1 heterocycles. The predicted octanol–water partition coefficient (Wildman–Crippen LogP) is 3.64. The minimum absolute atomic E-state index is 0.137. The molecule has 1 aromatic carbocycles. The van der Waals surface area contributed by atoms with Crippen LogP contribution in [0.15, 0.2) is 18.2 Å². The second-order valence-electron chi connectivity index (χ2n) is 4.53. The number of nitrogens with zero attached hydrogens (tertiary/aromatic N) is 2. The first-order valence-electron chi connectivity index (χ1n) is 6.03. The van der Waals surface area contributed by atoms with Crippen LogP contribution in [0.3, 0.4) is 0 Å². The van der Waals surface area contributed by atoms with E-state index >= 15 is 0 Å². The van der Waals surface area contributed by atoms with E-state index in [-0.39, 0.29) is 28.8 Å². The number of anilines is 1. The maximum atomic E-state index is 13.6. The Morgan fingerprint density at radius 2 is 2.20 bits per heavy atom. The molecule has 0 unspecified atom stereocenters. The van der Waals surface area contributed by atoms with Gasteiger partial charge in [-0.05, 0) is 12.1 Å². The van der Waals surface area contributed by atoms with Crippen LogP contribution in [0, 0.1) is 5.82 Å². The number of benzene rings is 1. The number of rotatable bonds is 4. The van der Waals surface area contributed by atoms with Crippen LogP contribution >= 0.6 is 22.9 Å². The van der Waals surface area contributed by atoms with E-state index in [1.807, 2.05) is 13.8 Å². The average molecular weight is 314 g/mol. The fourth-order valence-electron chi connectivity index (χ4n) is 1.54. The molecule has 0 saturated carbocycles. The summed E-state index contributed by atoms with van der Waals surface area (Å²) in [6, 6.07) is 4.32. The van der Waals surface area contributed by atoms with Crippen molar-refractivity contribution in [1.82, 2.24) is 10.2 Å². The van der Waals surface area contributed by atoms with Crippen LogP contribution in [0.25, 0.3) is 0 Å². The van der Waals surface area contributed by atoms with Gasteiger partial charge < -0.3 is 5.32 Å². The largest absolute Gasteiger partial charge is 0.300 e. The zero-order chi connectivity index (χ0) is 14.7. The number of nitrogens with one attached hydrogen (secondary N) is 1. The minimum atomic E-state index is -0.493. The molecule has 4 nitrogen and oxygen atoms in total. The van der Waals surface area contributed by atoms with Crippen LogP contribution < -0.4 is 5.32 Å². The quantitative estimate of drug-likeness (QED) is 0.937. The number of hydrogen-bond acceptors (Lipinski definition) is 4. The van der Waals surface area contributed by atoms with E-state index in [1.54, 1.807) is 6.07 Å². The second-order valence-corrected chi connectivity index (χ2v) is 5.94. The first-order chi connectivity index (χ1) is 9.47. The number of aromatic nitrogens is 2. The van der Waals surface area contributed by atoms with E-state index in [2.05, 4.69) is 15.5 Å². The summed E-state index contributed by atoms with van der Waals surface area (Å²) >= 11 is 7.18. The van der Waals surface area contributed by atoms with Gasteiger partial charge in [0.05, 0.1) is 6.42 Å². The van der Waals surface area contributed by atoms with Gasteiger partial charge in [-0.2, -0.15) is 0 Å². The molecule has 1 amide bonds. The molecule has 0 bridgehead atoms. The Balaban J connectivity index is 2.05. The summed E-state index contributed by atoms with van der Waals surface area (Å²) in [5.41, 5.74) is 0.181. The summed E-state index contributed by atoms with van der Waals surface area (Å²) < 4.78 is 13.6. The number of hydrogen-bond donors (Lipinski definition) is 1. The molecule has 0 aliphatic heterocycles. The fraction of sp³-hybridized carbons (Fsp3) is 0.308. The van der Waals surface area contributed by atoms with Crippen LogP contribution in [0.4, 0.5) is 9.52 Å². The van der Waals surface area contributed by atoms with Gasteiger partial charge >= 0.3 is 0 Å². The van der Waals surface area contributed by atoms with Gasteiger partial charge in [-0.3, -0.25) is 4.79 Å². The molecular formula is C13H13ClFN3OS. The number of halogens is 2. The van der Waals surface area contributed by atoms with Crippen LogP contribution in [0.1, 0.15) is 30.3 Å². The maximum absolute atomic E-state index is 13.6. The fourth-order valence-corrected chi connectivity index (χ4v) is 2.54. The van der Waals surface area contributed by atoms with Crippen LogP contribution in [-0.2, 0) is 11.2 Å². The molecule has 0 spiro atoms. The Hall–Kier alpha value is -1.53. The zero-order valence-corrected chi connectivity index (χ0v) is 12.6. The molecule has 7 heteroatoms. The van der Waals surface area contributed by atoms with E-state index in [1.165, 1.54) is 23.5 Å². The lowest BCUT2D eigenvalue weighted by Crippen LogP contribution is -2.15. The Morgan fingerprint density at radius 3 is 2.80 bits per heavy atom. The Labute approximate surface area is 125 Å². The van der Waals surface area contributed by atoms with Gasteiger partial charge in [0, 0.05) is 16.5 Å². The van der Waals surface area contributed by atoms with Crippen molar-refractivity contribution in [3.63, 3.8) is 0 Å². The van der Waals surface area contributed by atoms with Crippen molar-refractivity contribution < 1.29 is 9.18 Å². The van der Waals surface area contributed by atoms with Crippen LogP contribution in [0.2, 0.25) is 5.02 Å². The van der Waals surface area contributed by atoms with Crippen molar-refractivity contribution in [3.05, 3.63) is 39.6 Å². The van der Waals surface area contributed by atoms with Crippen molar-refractivity contribution in [2.75, 3.05) is 5.32 Å². The second kappa shape index (κ2) is 6.28. The highest BCUT2D eigenvalue weighted by molar-refractivity contribution is 7.15. The van der Waals surface area contributed by atoms with Crippen molar-refractivity contribution >= 4 is 34.0 Å².